The average Bonchev–Trinajstić information content (AvgIpc) is 2.29. The summed E-state index contributed by atoms with van der Waals surface area (Å²) in [6, 6.07) is 8.49. The van der Waals surface area contributed by atoms with Crippen molar-refractivity contribution in [3.05, 3.63) is 29.8 Å². The monoisotopic (exact) mass is 220 g/mol. The third-order valence-electron chi connectivity index (χ3n) is 3.07. The van der Waals surface area contributed by atoms with Crippen molar-refractivity contribution in [3.63, 3.8) is 0 Å². The maximum Gasteiger partial charge on any atom is 0.0372 e. The van der Waals surface area contributed by atoms with Gasteiger partial charge in [0, 0.05) is 12.2 Å². The second-order valence-corrected chi connectivity index (χ2v) is 5.06. The van der Waals surface area contributed by atoms with Crippen LogP contribution in [0, 0.1) is 5.41 Å². The van der Waals surface area contributed by atoms with E-state index in [0.29, 0.717) is 0 Å². The third-order valence-corrected chi connectivity index (χ3v) is 3.07. The molecule has 0 atom stereocenters. The molecule has 0 heterocycles. The SMILES string of the molecule is CCc1ccccc1NCCC(C)(C)CN. The molecule has 1 rings (SSSR count). The zero-order valence-electron chi connectivity index (χ0n) is 10.7. The van der Waals surface area contributed by atoms with Crippen molar-refractivity contribution in [1.29, 1.82) is 0 Å². The summed E-state index contributed by atoms with van der Waals surface area (Å²) in [6.07, 6.45) is 2.17. The number of hydrogen-bond acceptors (Lipinski definition) is 2. The van der Waals surface area contributed by atoms with Gasteiger partial charge in [0.15, 0.2) is 0 Å². The fourth-order valence-electron chi connectivity index (χ4n) is 1.64. The predicted molar refractivity (Wildman–Crippen MR) is 71.8 cm³/mol. The van der Waals surface area contributed by atoms with Crippen molar-refractivity contribution in [1.82, 2.24) is 0 Å². The highest BCUT2D eigenvalue weighted by atomic mass is 14.9. The first-order valence-electron chi connectivity index (χ1n) is 6.11. The minimum atomic E-state index is 0.230. The molecule has 3 N–H and O–H groups in total. The lowest BCUT2D eigenvalue weighted by atomic mass is 9.89. The Bertz CT molecular complexity index is 318. The molecule has 0 bridgehead atoms. The van der Waals surface area contributed by atoms with Crippen molar-refractivity contribution >= 4 is 5.69 Å². The molecule has 1 aromatic carbocycles. The molecule has 90 valence electrons. The van der Waals surface area contributed by atoms with E-state index in [1.54, 1.807) is 0 Å². The van der Waals surface area contributed by atoms with Crippen molar-refractivity contribution < 1.29 is 0 Å². The quantitative estimate of drug-likeness (QED) is 0.773. The van der Waals surface area contributed by atoms with Gasteiger partial charge in [-0.3, -0.25) is 0 Å². The first-order valence-corrected chi connectivity index (χ1v) is 6.11. The molecule has 0 aliphatic rings. The molecular weight excluding hydrogens is 196 g/mol. The molecule has 1 aromatic rings. The summed E-state index contributed by atoms with van der Waals surface area (Å²) in [4.78, 5) is 0. The van der Waals surface area contributed by atoms with Crippen LogP contribution in [-0.2, 0) is 6.42 Å². The van der Waals surface area contributed by atoms with Crippen LogP contribution in [0.2, 0.25) is 0 Å². The Labute approximate surface area is 99.2 Å². The van der Waals surface area contributed by atoms with Gasteiger partial charge in [0.25, 0.3) is 0 Å². The molecule has 16 heavy (non-hydrogen) atoms. The van der Waals surface area contributed by atoms with Gasteiger partial charge < -0.3 is 11.1 Å². The van der Waals surface area contributed by atoms with E-state index in [0.717, 1.165) is 25.9 Å². The minimum Gasteiger partial charge on any atom is -0.385 e. The van der Waals surface area contributed by atoms with Crippen molar-refractivity contribution in [2.45, 2.75) is 33.6 Å². The second-order valence-electron chi connectivity index (χ2n) is 5.06. The van der Waals surface area contributed by atoms with Gasteiger partial charge >= 0.3 is 0 Å². The van der Waals surface area contributed by atoms with Gasteiger partial charge in [0.05, 0.1) is 0 Å². The molecule has 0 aliphatic carbocycles. The van der Waals surface area contributed by atoms with Crippen LogP contribution in [0.5, 0.6) is 0 Å². The van der Waals surface area contributed by atoms with Gasteiger partial charge in [0.2, 0.25) is 0 Å². The van der Waals surface area contributed by atoms with Gasteiger partial charge in [-0.25, -0.2) is 0 Å². The second kappa shape index (κ2) is 5.90. The highest BCUT2D eigenvalue weighted by molar-refractivity contribution is 5.50. The molecule has 0 amide bonds. The van der Waals surface area contributed by atoms with Crippen molar-refractivity contribution in [3.8, 4) is 0 Å². The Morgan fingerprint density at radius 1 is 1.25 bits per heavy atom. The van der Waals surface area contributed by atoms with Gasteiger partial charge in [-0.2, -0.15) is 0 Å². The van der Waals surface area contributed by atoms with E-state index < -0.39 is 0 Å². The van der Waals surface area contributed by atoms with Crippen LogP contribution in [0.15, 0.2) is 24.3 Å². The van der Waals surface area contributed by atoms with Crippen LogP contribution < -0.4 is 11.1 Å². The van der Waals surface area contributed by atoms with E-state index in [1.165, 1.54) is 11.3 Å². The molecule has 0 saturated carbocycles. The number of anilines is 1. The molecule has 0 saturated heterocycles. The number of nitrogens with two attached hydrogens (primary N) is 1. The molecule has 2 heteroatoms. The number of hydrogen-bond donors (Lipinski definition) is 2. The topological polar surface area (TPSA) is 38.0 Å². The Kier molecular flexibility index (Phi) is 4.81. The van der Waals surface area contributed by atoms with Crippen molar-refractivity contribution in [2.24, 2.45) is 11.1 Å². The van der Waals surface area contributed by atoms with Crippen LogP contribution in [0.1, 0.15) is 32.8 Å². The van der Waals surface area contributed by atoms with E-state index in [1.807, 2.05) is 0 Å². The number of rotatable bonds is 6. The van der Waals surface area contributed by atoms with E-state index >= 15 is 0 Å². The van der Waals surface area contributed by atoms with Crippen molar-refractivity contribution in [2.75, 3.05) is 18.4 Å². The first-order chi connectivity index (χ1) is 7.59. The number of aryl methyl sites for hydroxylation is 1. The summed E-state index contributed by atoms with van der Waals surface area (Å²) in [5, 5.41) is 3.50. The number of nitrogens with one attached hydrogen (secondary N) is 1. The normalized spacial score (nSPS) is 11.5. The number of benzene rings is 1. The zero-order valence-corrected chi connectivity index (χ0v) is 10.7. The summed E-state index contributed by atoms with van der Waals surface area (Å²) in [6.45, 7) is 8.33. The summed E-state index contributed by atoms with van der Waals surface area (Å²) in [7, 11) is 0. The molecule has 0 aliphatic heterocycles. The fraction of sp³-hybridized carbons (Fsp3) is 0.571. The molecular formula is C14H24N2. The fourth-order valence-corrected chi connectivity index (χ4v) is 1.64. The van der Waals surface area contributed by atoms with Crippen LogP contribution in [-0.4, -0.2) is 13.1 Å². The van der Waals surface area contributed by atoms with Gasteiger partial charge in [-0.1, -0.05) is 39.0 Å². The molecule has 0 aromatic heterocycles. The molecule has 2 nitrogen and oxygen atoms in total. The van der Waals surface area contributed by atoms with Gasteiger partial charge in [0.1, 0.15) is 0 Å². The Morgan fingerprint density at radius 3 is 2.56 bits per heavy atom. The third kappa shape index (κ3) is 3.86. The average molecular weight is 220 g/mol. The Morgan fingerprint density at radius 2 is 1.94 bits per heavy atom. The molecule has 0 unspecified atom stereocenters. The zero-order chi connectivity index (χ0) is 12.0. The predicted octanol–water partition coefficient (Wildman–Crippen LogP) is 3.04. The highest BCUT2D eigenvalue weighted by Crippen LogP contribution is 2.20. The number of para-hydroxylation sites is 1. The van der Waals surface area contributed by atoms with E-state index in [-0.39, 0.29) is 5.41 Å². The largest absolute Gasteiger partial charge is 0.385 e. The summed E-state index contributed by atoms with van der Waals surface area (Å²) < 4.78 is 0. The maximum atomic E-state index is 5.71. The van der Waals surface area contributed by atoms with Crippen LogP contribution in [0.3, 0.4) is 0 Å². The summed E-state index contributed by atoms with van der Waals surface area (Å²) in [5.41, 5.74) is 8.59. The lowest BCUT2D eigenvalue weighted by Gasteiger charge is -2.23. The summed E-state index contributed by atoms with van der Waals surface area (Å²) >= 11 is 0. The molecule has 0 radical (unpaired) electrons. The van der Waals surface area contributed by atoms with Gasteiger partial charge in [-0.15, -0.1) is 0 Å². The summed E-state index contributed by atoms with van der Waals surface area (Å²) in [5.74, 6) is 0. The minimum absolute atomic E-state index is 0.230. The Hall–Kier alpha value is -1.02. The van der Waals surface area contributed by atoms with E-state index in [9.17, 15) is 0 Å². The molecule has 0 spiro atoms. The van der Waals surface area contributed by atoms with E-state index in [4.69, 9.17) is 5.73 Å². The highest BCUT2D eigenvalue weighted by Gasteiger charge is 2.14. The lowest BCUT2D eigenvalue weighted by Crippen LogP contribution is -2.26. The van der Waals surface area contributed by atoms with E-state index in [2.05, 4.69) is 50.4 Å². The Balaban J connectivity index is 2.49. The lowest BCUT2D eigenvalue weighted by molar-refractivity contribution is 0.358. The maximum absolute atomic E-state index is 5.71. The smallest absolute Gasteiger partial charge is 0.0372 e. The molecule has 0 fully saturated rings. The van der Waals surface area contributed by atoms with Crippen LogP contribution in [0.4, 0.5) is 5.69 Å². The van der Waals surface area contributed by atoms with Crippen LogP contribution >= 0.6 is 0 Å². The first kappa shape index (κ1) is 13.0. The van der Waals surface area contributed by atoms with Gasteiger partial charge in [-0.05, 0) is 36.4 Å². The van der Waals surface area contributed by atoms with Crippen LogP contribution in [0.25, 0.3) is 0 Å². The standard InChI is InChI=1S/C14H24N2/c1-4-12-7-5-6-8-13(12)16-10-9-14(2,3)11-15/h5-8,16H,4,9-11,15H2,1-3H3.